The van der Waals surface area contributed by atoms with Gasteiger partial charge in [0, 0.05) is 23.5 Å². The molecule has 0 fully saturated rings. The molecule has 2 aromatic carbocycles. The first-order valence-corrected chi connectivity index (χ1v) is 7.40. The first-order valence-electron chi connectivity index (χ1n) is 7.40. The number of hydrogen-bond donors (Lipinski definition) is 2. The van der Waals surface area contributed by atoms with Crippen LogP contribution in [-0.2, 0) is 0 Å². The van der Waals surface area contributed by atoms with Crippen LogP contribution in [0.15, 0.2) is 48.8 Å². The quantitative estimate of drug-likeness (QED) is 0.719. The Hall–Kier alpha value is -3.02. The van der Waals surface area contributed by atoms with E-state index in [1.165, 1.54) is 18.0 Å². The number of nitrogens with one attached hydrogen (secondary N) is 2. The van der Waals surface area contributed by atoms with E-state index in [-0.39, 0.29) is 0 Å². The number of halogens is 2. The Balaban J connectivity index is 1.81. The Morgan fingerprint density at radius 3 is 2.33 bits per heavy atom. The molecule has 24 heavy (non-hydrogen) atoms. The molecule has 0 bridgehead atoms. The molecule has 0 amide bonds. The summed E-state index contributed by atoms with van der Waals surface area (Å²) in [5.41, 5.74) is 3.66. The standard InChI is InChI=1S/C18H16F2N4/c1-11-4-3-5-16(12(11)2)24-18-9-17(21-10-22-18)23-13-6-7-14(19)15(20)8-13/h3-10H,1-2H3,(H2,21,22,23,24). The summed E-state index contributed by atoms with van der Waals surface area (Å²) in [6.07, 6.45) is 1.40. The summed E-state index contributed by atoms with van der Waals surface area (Å²) in [5.74, 6) is -0.726. The first kappa shape index (κ1) is 15.9. The predicted molar refractivity (Wildman–Crippen MR) is 90.9 cm³/mol. The van der Waals surface area contributed by atoms with Crippen molar-refractivity contribution in [2.24, 2.45) is 0 Å². The number of aromatic nitrogens is 2. The molecule has 0 atom stereocenters. The molecule has 0 saturated heterocycles. The fourth-order valence-corrected chi connectivity index (χ4v) is 2.24. The normalized spacial score (nSPS) is 10.5. The van der Waals surface area contributed by atoms with Gasteiger partial charge in [0.15, 0.2) is 11.6 Å². The van der Waals surface area contributed by atoms with Crippen LogP contribution in [0.1, 0.15) is 11.1 Å². The molecule has 3 aromatic rings. The molecule has 0 unspecified atom stereocenters. The smallest absolute Gasteiger partial charge is 0.160 e. The lowest BCUT2D eigenvalue weighted by Crippen LogP contribution is -2.00. The van der Waals surface area contributed by atoms with Crippen LogP contribution < -0.4 is 10.6 Å². The van der Waals surface area contributed by atoms with Gasteiger partial charge < -0.3 is 10.6 Å². The number of hydrogen-bond acceptors (Lipinski definition) is 4. The van der Waals surface area contributed by atoms with E-state index < -0.39 is 11.6 Å². The number of anilines is 4. The van der Waals surface area contributed by atoms with Crippen LogP contribution in [0.4, 0.5) is 31.8 Å². The highest BCUT2D eigenvalue weighted by molar-refractivity contribution is 5.65. The first-order chi connectivity index (χ1) is 11.5. The lowest BCUT2D eigenvalue weighted by Gasteiger charge is -2.12. The van der Waals surface area contributed by atoms with Crippen LogP contribution in [0.5, 0.6) is 0 Å². The molecule has 0 aliphatic rings. The van der Waals surface area contributed by atoms with Crippen LogP contribution >= 0.6 is 0 Å². The fraction of sp³-hybridized carbons (Fsp3) is 0.111. The lowest BCUT2D eigenvalue weighted by atomic mass is 10.1. The second-order valence-electron chi connectivity index (χ2n) is 5.41. The molecule has 0 aliphatic carbocycles. The van der Waals surface area contributed by atoms with Gasteiger partial charge in [0.2, 0.25) is 0 Å². The number of nitrogens with zero attached hydrogens (tertiary/aromatic N) is 2. The molecule has 1 aromatic heterocycles. The Labute approximate surface area is 138 Å². The van der Waals surface area contributed by atoms with Crippen molar-refractivity contribution in [1.29, 1.82) is 0 Å². The third kappa shape index (κ3) is 3.48. The van der Waals surface area contributed by atoms with Crippen molar-refractivity contribution in [3.8, 4) is 0 Å². The molecule has 2 N–H and O–H groups in total. The maximum atomic E-state index is 13.3. The van der Waals surface area contributed by atoms with Gasteiger partial charge in [-0.1, -0.05) is 12.1 Å². The van der Waals surface area contributed by atoms with Gasteiger partial charge in [-0.2, -0.15) is 0 Å². The minimum atomic E-state index is -0.914. The van der Waals surface area contributed by atoms with Gasteiger partial charge in [-0.05, 0) is 43.2 Å². The Bertz CT molecular complexity index is 881. The molecule has 3 rings (SSSR count). The van der Waals surface area contributed by atoms with E-state index >= 15 is 0 Å². The van der Waals surface area contributed by atoms with Crippen molar-refractivity contribution < 1.29 is 8.78 Å². The van der Waals surface area contributed by atoms with E-state index in [9.17, 15) is 8.78 Å². The van der Waals surface area contributed by atoms with Crippen molar-refractivity contribution in [2.45, 2.75) is 13.8 Å². The van der Waals surface area contributed by atoms with Gasteiger partial charge in [0.1, 0.15) is 18.0 Å². The highest BCUT2D eigenvalue weighted by Gasteiger charge is 2.06. The number of benzene rings is 2. The third-order valence-electron chi connectivity index (χ3n) is 3.73. The van der Waals surface area contributed by atoms with Gasteiger partial charge in [0.25, 0.3) is 0 Å². The molecule has 122 valence electrons. The molecule has 1 heterocycles. The van der Waals surface area contributed by atoms with Crippen molar-refractivity contribution >= 4 is 23.0 Å². The number of rotatable bonds is 4. The molecule has 0 saturated carbocycles. The third-order valence-corrected chi connectivity index (χ3v) is 3.73. The van der Waals surface area contributed by atoms with E-state index in [1.54, 1.807) is 6.07 Å². The van der Waals surface area contributed by atoms with E-state index in [0.717, 1.165) is 23.4 Å². The second-order valence-corrected chi connectivity index (χ2v) is 5.41. The lowest BCUT2D eigenvalue weighted by molar-refractivity contribution is 0.509. The van der Waals surface area contributed by atoms with Crippen LogP contribution in [0.25, 0.3) is 0 Å². The summed E-state index contributed by atoms with van der Waals surface area (Å²) >= 11 is 0. The van der Waals surface area contributed by atoms with Crippen LogP contribution in [0.3, 0.4) is 0 Å². The number of aryl methyl sites for hydroxylation is 1. The maximum Gasteiger partial charge on any atom is 0.160 e. The Kier molecular flexibility index (Phi) is 4.37. The van der Waals surface area contributed by atoms with Crippen molar-refractivity contribution in [3.05, 3.63) is 71.6 Å². The molecule has 0 aliphatic heterocycles. The van der Waals surface area contributed by atoms with Crippen LogP contribution in [-0.4, -0.2) is 9.97 Å². The fourth-order valence-electron chi connectivity index (χ4n) is 2.24. The average Bonchev–Trinajstić information content (AvgIpc) is 2.56. The van der Waals surface area contributed by atoms with Gasteiger partial charge in [-0.25, -0.2) is 18.7 Å². The maximum absolute atomic E-state index is 13.3. The van der Waals surface area contributed by atoms with Crippen LogP contribution in [0, 0.1) is 25.5 Å². The van der Waals surface area contributed by atoms with E-state index in [4.69, 9.17) is 0 Å². The highest BCUT2D eigenvalue weighted by Crippen LogP contribution is 2.23. The molecular formula is C18H16F2N4. The molecular weight excluding hydrogens is 310 g/mol. The molecule has 0 radical (unpaired) electrons. The summed E-state index contributed by atoms with van der Waals surface area (Å²) in [5, 5.41) is 6.16. The van der Waals surface area contributed by atoms with Gasteiger partial charge in [-0.15, -0.1) is 0 Å². The zero-order valence-electron chi connectivity index (χ0n) is 13.3. The summed E-state index contributed by atoms with van der Waals surface area (Å²) in [6, 6.07) is 11.3. The zero-order chi connectivity index (χ0) is 17.1. The zero-order valence-corrected chi connectivity index (χ0v) is 13.3. The Morgan fingerprint density at radius 2 is 1.58 bits per heavy atom. The Morgan fingerprint density at radius 1 is 0.833 bits per heavy atom. The summed E-state index contributed by atoms with van der Waals surface area (Å²) in [7, 11) is 0. The summed E-state index contributed by atoms with van der Waals surface area (Å²) in [4.78, 5) is 8.27. The monoisotopic (exact) mass is 326 g/mol. The average molecular weight is 326 g/mol. The minimum absolute atomic E-state index is 0.408. The summed E-state index contributed by atoms with van der Waals surface area (Å²) in [6.45, 7) is 4.07. The highest BCUT2D eigenvalue weighted by atomic mass is 19.2. The summed E-state index contributed by atoms with van der Waals surface area (Å²) < 4.78 is 26.2. The topological polar surface area (TPSA) is 49.8 Å². The van der Waals surface area contributed by atoms with Crippen LogP contribution in [0.2, 0.25) is 0 Å². The molecule has 6 heteroatoms. The van der Waals surface area contributed by atoms with Gasteiger partial charge in [0.05, 0.1) is 0 Å². The van der Waals surface area contributed by atoms with E-state index in [0.29, 0.717) is 17.3 Å². The van der Waals surface area contributed by atoms with Gasteiger partial charge in [-0.3, -0.25) is 0 Å². The second kappa shape index (κ2) is 6.62. The van der Waals surface area contributed by atoms with Crippen molar-refractivity contribution in [2.75, 3.05) is 10.6 Å². The predicted octanol–water partition coefficient (Wildman–Crippen LogP) is 4.86. The largest absolute Gasteiger partial charge is 0.340 e. The molecule has 4 nitrogen and oxygen atoms in total. The van der Waals surface area contributed by atoms with Crippen molar-refractivity contribution in [3.63, 3.8) is 0 Å². The van der Waals surface area contributed by atoms with Crippen molar-refractivity contribution in [1.82, 2.24) is 9.97 Å². The van der Waals surface area contributed by atoms with Gasteiger partial charge >= 0.3 is 0 Å². The van der Waals surface area contributed by atoms with E-state index in [1.807, 2.05) is 32.0 Å². The molecule has 0 spiro atoms. The van der Waals surface area contributed by atoms with E-state index in [2.05, 4.69) is 20.6 Å². The SMILES string of the molecule is Cc1cccc(Nc2cc(Nc3ccc(F)c(F)c3)ncn2)c1C. The minimum Gasteiger partial charge on any atom is -0.340 e.